The Labute approximate surface area is 118 Å². The molecule has 1 N–H and O–H groups in total. The summed E-state index contributed by atoms with van der Waals surface area (Å²) in [6, 6.07) is 0. The third kappa shape index (κ3) is 9.91. The van der Waals surface area contributed by atoms with Crippen molar-refractivity contribution in [1.29, 1.82) is 0 Å². The topological polar surface area (TPSA) is 47.6 Å². The highest BCUT2D eigenvalue weighted by Crippen LogP contribution is 2.19. The third-order valence-corrected chi connectivity index (χ3v) is 3.11. The van der Waals surface area contributed by atoms with Gasteiger partial charge in [0.2, 0.25) is 0 Å². The van der Waals surface area contributed by atoms with E-state index in [1.807, 2.05) is 20.8 Å². The molecule has 0 heterocycles. The molecule has 0 rings (SSSR count). The number of ether oxygens (including phenoxy) is 2. The van der Waals surface area contributed by atoms with Crippen LogP contribution in [0.25, 0.3) is 0 Å². The highest BCUT2D eigenvalue weighted by Gasteiger charge is 2.22. The molecule has 0 amide bonds. The molecule has 0 aliphatic carbocycles. The van der Waals surface area contributed by atoms with Gasteiger partial charge < -0.3 is 14.8 Å². The van der Waals surface area contributed by atoms with Gasteiger partial charge in [-0.25, -0.2) is 0 Å². The highest BCUT2D eigenvalue weighted by molar-refractivity contribution is 5.69. The lowest BCUT2D eigenvalue weighted by molar-refractivity contribution is -0.145. The van der Waals surface area contributed by atoms with E-state index in [-0.39, 0.29) is 17.1 Å². The van der Waals surface area contributed by atoms with E-state index in [4.69, 9.17) is 9.47 Å². The second-order valence-electron chi connectivity index (χ2n) is 6.08. The first-order valence-electron chi connectivity index (χ1n) is 7.27. The van der Waals surface area contributed by atoms with Crippen molar-refractivity contribution in [3.05, 3.63) is 0 Å². The number of rotatable bonds is 10. The Morgan fingerprint density at radius 1 is 1.11 bits per heavy atom. The van der Waals surface area contributed by atoms with Crippen LogP contribution in [0.5, 0.6) is 0 Å². The van der Waals surface area contributed by atoms with Gasteiger partial charge in [-0.1, -0.05) is 6.92 Å². The summed E-state index contributed by atoms with van der Waals surface area (Å²) in [7, 11) is 0. The SMILES string of the molecule is CCNC(C)(C)CCOC(C)(C)CCC(=O)OCC. The predicted octanol–water partition coefficient (Wildman–Crippen LogP) is 2.90. The number of hydrogen-bond donors (Lipinski definition) is 1. The molecule has 19 heavy (non-hydrogen) atoms. The molecule has 0 aliphatic rings. The minimum atomic E-state index is -0.283. The predicted molar refractivity (Wildman–Crippen MR) is 78.3 cm³/mol. The fourth-order valence-corrected chi connectivity index (χ4v) is 1.86. The van der Waals surface area contributed by atoms with E-state index in [0.29, 0.717) is 26.1 Å². The van der Waals surface area contributed by atoms with Gasteiger partial charge in [0.25, 0.3) is 0 Å². The molecule has 0 unspecified atom stereocenters. The molecule has 0 aromatic carbocycles. The number of esters is 1. The van der Waals surface area contributed by atoms with Gasteiger partial charge >= 0.3 is 5.97 Å². The van der Waals surface area contributed by atoms with Crippen LogP contribution in [0.1, 0.15) is 60.8 Å². The Morgan fingerprint density at radius 3 is 2.26 bits per heavy atom. The van der Waals surface area contributed by atoms with Crippen molar-refractivity contribution < 1.29 is 14.3 Å². The van der Waals surface area contributed by atoms with Crippen LogP contribution in [-0.2, 0) is 14.3 Å². The summed E-state index contributed by atoms with van der Waals surface area (Å²) in [5.74, 6) is -0.146. The fraction of sp³-hybridized carbons (Fsp3) is 0.933. The van der Waals surface area contributed by atoms with Crippen molar-refractivity contribution in [2.24, 2.45) is 0 Å². The molecule has 0 aromatic heterocycles. The summed E-state index contributed by atoms with van der Waals surface area (Å²) >= 11 is 0. The van der Waals surface area contributed by atoms with Gasteiger partial charge in [0.1, 0.15) is 0 Å². The fourth-order valence-electron chi connectivity index (χ4n) is 1.86. The van der Waals surface area contributed by atoms with Gasteiger partial charge in [-0.15, -0.1) is 0 Å². The van der Waals surface area contributed by atoms with Crippen molar-refractivity contribution in [2.75, 3.05) is 19.8 Å². The molecule has 114 valence electrons. The minimum absolute atomic E-state index is 0.0893. The van der Waals surface area contributed by atoms with Crippen molar-refractivity contribution in [1.82, 2.24) is 5.32 Å². The molecule has 0 radical (unpaired) electrons. The van der Waals surface area contributed by atoms with Crippen molar-refractivity contribution in [3.63, 3.8) is 0 Å². The summed E-state index contributed by atoms with van der Waals surface area (Å²) in [6.45, 7) is 14.4. The zero-order valence-electron chi connectivity index (χ0n) is 13.5. The molecule has 0 atom stereocenters. The maximum Gasteiger partial charge on any atom is 0.305 e. The van der Waals surface area contributed by atoms with Gasteiger partial charge in [-0.05, 0) is 54.0 Å². The van der Waals surface area contributed by atoms with E-state index >= 15 is 0 Å². The molecule has 0 bridgehead atoms. The van der Waals surface area contributed by atoms with Gasteiger partial charge in [0.05, 0.1) is 12.2 Å². The maximum atomic E-state index is 11.3. The minimum Gasteiger partial charge on any atom is -0.466 e. The Balaban J connectivity index is 3.93. The highest BCUT2D eigenvalue weighted by atomic mass is 16.5. The van der Waals surface area contributed by atoms with Crippen molar-refractivity contribution in [2.45, 2.75) is 71.9 Å². The van der Waals surface area contributed by atoms with Crippen molar-refractivity contribution in [3.8, 4) is 0 Å². The van der Waals surface area contributed by atoms with Crippen molar-refractivity contribution >= 4 is 5.97 Å². The first-order valence-corrected chi connectivity index (χ1v) is 7.27. The number of hydrogen-bond acceptors (Lipinski definition) is 4. The quantitative estimate of drug-likeness (QED) is 0.622. The first-order chi connectivity index (χ1) is 8.72. The molecular formula is C15H31NO3. The average molecular weight is 273 g/mol. The number of carbonyl (C=O) groups is 1. The molecular weight excluding hydrogens is 242 g/mol. The summed E-state index contributed by atoms with van der Waals surface area (Å²) < 4.78 is 10.8. The lowest BCUT2D eigenvalue weighted by Crippen LogP contribution is -2.41. The first kappa shape index (κ1) is 18.4. The Morgan fingerprint density at radius 2 is 1.74 bits per heavy atom. The molecule has 0 aromatic rings. The maximum absolute atomic E-state index is 11.3. The zero-order valence-corrected chi connectivity index (χ0v) is 13.5. The Bertz CT molecular complexity index is 262. The van der Waals surface area contributed by atoms with Gasteiger partial charge in [-0.3, -0.25) is 4.79 Å². The van der Waals surface area contributed by atoms with Crippen LogP contribution in [0, 0.1) is 0 Å². The normalized spacial score (nSPS) is 12.5. The molecule has 4 heteroatoms. The number of nitrogens with one attached hydrogen (secondary N) is 1. The van der Waals surface area contributed by atoms with E-state index in [1.165, 1.54) is 0 Å². The second-order valence-corrected chi connectivity index (χ2v) is 6.08. The molecule has 0 saturated heterocycles. The van der Waals surface area contributed by atoms with E-state index in [9.17, 15) is 4.79 Å². The van der Waals surface area contributed by atoms with E-state index in [2.05, 4.69) is 26.1 Å². The monoisotopic (exact) mass is 273 g/mol. The van der Waals surface area contributed by atoms with E-state index in [1.54, 1.807) is 0 Å². The standard InChI is InChI=1S/C15H31NO3/c1-7-16-14(3,4)11-12-19-15(5,6)10-9-13(17)18-8-2/h16H,7-12H2,1-6H3. The summed E-state index contributed by atoms with van der Waals surface area (Å²) in [6.07, 6.45) is 2.05. The van der Waals surface area contributed by atoms with Crippen LogP contribution in [0.4, 0.5) is 0 Å². The van der Waals surface area contributed by atoms with Crippen LogP contribution in [0.2, 0.25) is 0 Å². The lowest BCUT2D eigenvalue weighted by Gasteiger charge is -2.30. The van der Waals surface area contributed by atoms with E-state index in [0.717, 1.165) is 13.0 Å². The van der Waals surface area contributed by atoms with Crippen LogP contribution in [0.3, 0.4) is 0 Å². The van der Waals surface area contributed by atoms with Crippen LogP contribution >= 0.6 is 0 Å². The molecule has 0 fully saturated rings. The van der Waals surface area contributed by atoms with Gasteiger partial charge in [-0.2, -0.15) is 0 Å². The van der Waals surface area contributed by atoms with Gasteiger partial charge in [0, 0.05) is 18.6 Å². The summed E-state index contributed by atoms with van der Waals surface area (Å²) in [5, 5.41) is 3.42. The average Bonchev–Trinajstić information content (AvgIpc) is 2.26. The summed E-state index contributed by atoms with van der Waals surface area (Å²) in [4.78, 5) is 11.3. The second kappa shape index (κ2) is 8.54. The Kier molecular flexibility index (Phi) is 8.26. The van der Waals surface area contributed by atoms with Crippen LogP contribution in [-0.4, -0.2) is 36.9 Å². The molecule has 0 saturated carbocycles. The lowest BCUT2D eigenvalue weighted by atomic mass is 10.00. The third-order valence-electron chi connectivity index (χ3n) is 3.11. The molecule has 0 aliphatic heterocycles. The smallest absolute Gasteiger partial charge is 0.305 e. The summed E-state index contributed by atoms with van der Waals surface area (Å²) in [5.41, 5.74) is -0.193. The Hall–Kier alpha value is -0.610. The number of carbonyl (C=O) groups excluding carboxylic acids is 1. The molecule has 0 spiro atoms. The van der Waals surface area contributed by atoms with E-state index < -0.39 is 0 Å². The molecule has 4 nitrogen and oxygen atoms in total. The zero-order chi connectivity index (χ0) is 14.9. The van der Waals surface area contributed by atoms with Crippen LogP contribution < -0.4 is 5.32 Å². The largest absolute Gasteiger partial charge is 0.466 e. The van der Waals surface area contributed by atoms with Crippen LogP contribution in [0.15, 0.2) is 0 Å². The van der Waals surface area contributed by atoms with Gasteiger partial charge in [0.15, 0.2) is 0 Å².